The van der Waals surface area contributed by atoms with Crippen LogP contribution >= 0.6 is 0 Å². The zero-order chi connectivity index (χ0) is 24.6. The lowest BCUT2D eigenvalue weighted by Gasteiger charge is -2.37. The molecule has 1 saturated carbocycles. The average Bonchev–Trinajstić information content (AvgIpc) is 3.68. The molecule has 1 aliphatic heterocycles. The largest absolute Gasteiger partial charge is 0.368 e. The number of carbonyl (C=O) groups excluding carboxylic acids is 1. The van der Waals surface area contributed by atoms with Crippen LogP contribution in [-0.2, 0) is 4.79 Å². The molecule has 8 nitrogen and oxygen atoms in total. The molecule has 2 aromatic carbocycles. The quantitative estimate of drug-likeness (QED) is 0.383. The van der Waals surface area contributed by atoms with E-state index in [1.807, 2.05) is 29.3 Å². The third-order valence-corrected chi connectivity index (χ3v) is 7.07. The van der Waals surface area contributed by atoms with Gasteiger partial charge in [0.1, 0.15) is 5.82 Å². The second-order valence-electron chi connectivity index (χ2n) is 9.51. The minimum atomic E-state index is -0.334. The number of hydrogen-bond donors (Lipinski definition) is 3. The number of fused-ring (bicyclic) bond motifs is 1. The van der Waals surface area contributed by atoms with Gasteiger partial charge in [-0.1, -0.05) is 0 Å². The van der Waals surface area contributed by atoms with Crippen LogP contribution in [0.3, 0.4) is 0 Å². The molecule has 1 atom stereocenters. The first-order chi connectivity index (χ1) is 17.5. The summed E-state index contributed by atoms with van der Waals surface area (Å²) in [7, 11) is 0. The first kappa shape index (κ1) is 22.5. The van der Waals surface area contributed by atoms with Crippen LogP contribution in [0, 0.1) is 11.7 Å². The first-order valence-electron chi connectivity index (χ1n) is 12.3. The fraction of sp³-hybridized carbons (Fsp3) is 0.296. The third-order valence-electron chi connectivity index (χ3n) is 7.07. The van der Waals surface area contributed by atoms with Gasteiger partial charge >= 0.3 is 0 Å². The summed E-state index contributed by atoms with van der Waals surface area (Å²) >= 11 is 0. The van der Waals surface area contributed by atoms with Crippen molar-refractivity contribution in [2.45, 2.75) is 18.9 Å². The summed E-state index contributed by atoms with van der Waals surface area (Å²) in [5.41, 5.74) is 10.5. The molecule has 36 heavy (non-hydrogen) atoms. The Balaban J connectivity index is 1.10. The molecule has 2 aromatic heterocycles. The molecule has 0 spiro atoms. The standard InChI is InChI=1S/C27H28FN7O/c28-18-3-8-23-21(15-18)22(16-31-23)24-9-10-30-27(33-24)32-19-4-6-20(7-5-19)34-11-13-35(14-12-34)26(36)25(29)17-1-2-17/h3-10,15-17,25,31H,1-2,11-14,29H2,(H,30,32,33). The Bertz CT molecular complexity index is 1390. The lowest BCUT2D eigenvalue weighted by atomic mass is 10.1. The topological polar surface area (TPSA) is 103 Å². The van der Waals surface area contributed by atoms with E-state index in [4.69, 9.17) is 5.73 Å². The van der Waals surface area contributed by atoms with Gasteiger partial charge in [0.25, 0.3) is 0 Å². The Labute approximate surface area is 208 Å². The summed E-state index contributed by atoms with van der Waals surface area (Å²) in [5, 5.41) is 4.03. The molecule has 3 heterocycles. The van der Waals surface area contributed by atoms with Gasteiger partial charge in [0.15, 0.2) is 0 Å². The summed E-state index contributed by atoms with van der Waals surface area (Å²) in [6, 6.07) is 14.2. The minimum Gasteiger partial charge on any atom is -0.368 e. The number of nitrogens with two attached hydrogens (primary N) is 1. The normalized spacial score (nSPS) is 16.8. The van der Waals surface area contributed by atoms with Gasteiger partial charge in [-0.05, 0) is 67.3 Å². The van der Waals surface area contributed by atoms with E-state index in [-0.39, 0.29) is 17.8 Å². The smallest absolute Gasteiger partial charge is 0.239 e. The van der Waals surface area contributed by atoms with Crippen LogP contribution in [0.5, 0.6) is 0 Å². The molecule has 0 radical (unpaired) electrons. The molecule has 4 N–H and O–H groups in total. The Kier molecular flexibility index (Phi) is 5.77. The number of rotatable bonds is 6. The van der Waals surface area contributed by atoms with Crippen molar-refractivity contribution in [2.75, 3.05) is 36.4 Å². The fourth-order valence-electron chi connectivity index (χ4n) is 4.81. The van der Waals surface area contributed by atoms with Crippen LogP contribution in [0.15, 0.2) is 60.9 Å². The van der Waals surface area contributed by atoms with Gasteiger partial charge in [-0.25, -0.2) is 14.4 Å². The number of benzene rings is 2. The SMILES string of the molecule is NC(C(=O)N1CCN(c2ccc(Nc3nccc(-c4c[nH]c5ccc(F)cc45)n3)cc2)CC1)C1CC1. The number of nitrogens with zero attached hydrogens (tertiary/aromatic N) is 4. The molecular formula is C27H28FN7O. The van der Waals surface area contributed by atoms with E-state index in [1.165, 1.54) is 12.1 Å². The van der Waals surface area contributed by atoms with E-state index in [2.05, 4.69) is 37.3 Å². The molecule has 2 aliphatic rings. The fourth-order valence-corrected chi connectivity index (χ4v) is 4.81. The number of aromatic nitrogens is 3. The lowest BCUT2D eigenvalue weighted by Crippen LogP contribution is -2.53. The number of H-pyrrole nitrogens is 1. The third kappa shape index (κ3) is 4.49. The number of halogens is 1. The highest BCUT2D eigenvalue weighted by atomic mass is 19.1. The van der Waals surface area contributed by atoms with E-state index in [0.717, 1.165) is 53.8 Å². The number of aromatic amines is 1. The van der Waals surface area contributed by atoms with Crippen molar-refractivity contribution in [2.24, 2.45) is 11.7 Å². The Morgan fingerprint density at radius 2 is 1.86 bits per heavy atom. The summed E-state index contributed by atoms with van der Waals surface area (Å²) < 4.78 is 13.8. The van der Waals surface area contributed by atoms with Gasteiger partial charge in [-0.15, -0.1) is 0 Å². The summed E-state index contributed by atoms with van der Waals surface area (Å²) in [5.74, 6) is 0.651. The zero-order valence-electron chi connectivity index (χ0n) is 19.8. The van der Waals surface area contributed by atoms with Crippen LogP contribution in [0.25, 0.3) is 22.2 Å². The Hall–Kier alpha value is -3.98. The molecule has 6 rings (SSSR count). The van der Waals surface area contributed by atoms with Gasteiger partial charge < -0.3 is 25.8 Å². The van der Waals surface area contributed by atoms with Gasteiger partial charge in [-0.3, -0.25) is 4.79 Å². The number of nitrogens with one attached hydrogen (secondary N) is 2. The predicted octanol–water partition coefficient (Wildman–Crippen LogP) is 3.89. The maximum absolute atomic E-state index is 13.8. The number of piperazine rings is 1. The van der Waals surface area contributed by atoms with Crippen LogP contribution in [-0.4, -0.2) is 58.0 Å². The van der Waals surface area contributed by atoms with Crippen molar-refractivity contribution in [1.29, 1.82) is 0 Å². The Morgan fingerprint density at radius 1 is 1.08 bits per heavy atom. The summed E-state index contributed by atoms with van der Waals surface area (Å²) in [6.45, 7) is 2.95. The van der Waals surface area contributed by atoms with E-state index < -0.39 is 0 Å². The van der Waals surface area contributed by atoms with Crippen LogP contribution in [0.1, 0.15) is 12.8 Å². The predicted molar refractivity (Wildman–Crippen MR) is 138 cm³/mol. The van der Waals surface area contributed by atoms with Crippen LogP contribution < -0.4 is 16.0 Å². The highest BCUT2D eigenvalue weighted by Gasteiger charge is 2.36. The highest BCUT2D eigenvalue weighted by Crippen LogP contribution is 2.33. The molecule has 2 fully saturated rings. The average molecular weight is 486 g/mol. The summed E-state index contributed by atoms with van der Waals surface area (Å²) in [4.78, 5) is 28.9. The van der Waals surface area contributed by atoms with Gasteiger partial charge in [0.2, 0.25) is 11.9 Å². The molecule has 9 heteroatoms. The maximum Gasteiger partial charge on any atom is 0.239 e. The number of hydrogen-bond acceptors (Lipinski definition) is 6. The molecule has 184 valence electrons. The van der Waals surface area contributed by atoms with Crippen molar-refractivity contribution in [3.63, 3.8) is 0 Å². The van der Waals surface area contributed by atoms with Crippen molar-refractivity contribution >= 4 is 34.1 Å². The number of amides is 1. The Morgan fingerprint density at radius 3 is 2.61 bits per heavy atom. The van der Waals surface area contributed by atoms with Crippen LogP contribution in [0.4, 0.5) is 21.7 Å². The first-order valence-corrected chi connectivity index (χ1v) is 12.3. The molecule has 1 aliphatic carbocycles. The van der Waals surface area contributed by atoms with Gasteiger partial charge in [0.05, 0.1) is 11.7 Å². The second kappa shape index (κ2) is 9.23. The lowest BCUT2D eigenvalue weighted by molar-refractivity contribution is -0.133. The molecule has 1 saturated heterocycles. The van der Waals surface area contributed by atoms with Crippen LogP contribution in [0.2, 0.25) is 0 Å². The summed E-state index contributed by atoms with van der Waals surface area (Å²) in [6.07, 6.45) is 5.67. The zero-order valence-corrected chi connectivity index (χ0v) is 19.8. The van der Waals surface area contributed by atoms with Crippen molar-refractivity contribution in [3.8, 4) is 11.3 Å². The second-order valence-corrected chi connectivity index (χ2v) is 9.51. The highest BCUT2D eigenvalue weighted by molar-refractivity contribution is 5.94. The van der Waals surface area contributed by atoms with E-state index in [9.17, 15) is 9.18 Å². The number of carbonyl (C=O) groups is 1. The van der Waals surface area contributed by atoms with Gasteiger partial charge in [0, 0.05) is 66.4 Å². The molecule has 1 amide bonds. The molecule has 1 unspecified atom stereocenters. The van der Waals surface area contributed by atoms with E-state index in [0.29, 0.717) is 30.6 Å². The van der Waals surface area contributed by atoms with E-state index in [1.54, 1.807) is 12.3 Å². The van der Waals surface area contributed by atoms with Crippen molar-refractivity contribution in [1.82, 2.24) is 19.9 Å². The minimum absolute atomic E-state index is 0.0942. The molecular weight excluding hydrogens is 457 g/mol. The monoisotopic (exact) mass is 485 g/mol. The maximum atomic E-state index is 13.8. The molecule has 0 bridgehead atoms. The van der Waals surface area contributed by atoms with Crippen molar-refractivity contribution < 1.29 is 9.18 Å². The van der Waals surface area contributed by atoms with Gasteiger partial charge in [-0.2, -0.15) is 0 Å². The van der Waals surface area contributed by atoms with Crippen molar-refractivity contribution in [3.05, 3.63) is 66.7 Å². The number of anilines is 3. The van der Waals surface area contributed by atoms with E-state index >= 15 is 0 Å². The molecule has 4 aromatic rings.